The highest BCUT2D eigenvalue weighted by molar-refractivity contribution is 9.11. The van der Waals surface area contributed by atoms with E-state index in [1.807, 2.05) is 0 Å². The summed E-state index contributed by atoms with van der Waals surface area (Å²) in [6, 6.07) is 6.60. The van der Waals surface area contributed by atoms with Crippen molar-refractivity contribution < 1.29 is 5.11 Å². The Morgan fingerprint density at radius 1 is 1.28 bits per heavy atom. The third kappa shape index (κ3) is 3.33. The number of allylic oxidation sites excluding steroid dienone is 2. The largest absolute Gasteiger partial charge is 0.506 e. The molecule has 0 aromatic heterocycles. The number of aromatic hydroxyl groups is 1. The second-order valence-corrected chi connectivity index (χ2v) is 4.79. The van der Waals surface area contributed by atoms with Gasteiger partial charge in [0.1, 0.15) is 23.6 Å². The van der Waals surface area contributed by atoms with E-state index in [9.17, 15) is 5.11 Å². The van der Waals surface area contributed by atoms with Crippen LogP contribution in [0.1, 0.15) is 5.56 Å². The summed E-state index contributed by atoms with van der Waals surface area (Å²) in [4.78, 5) is 3.82. The number of aliphatic imine (C=N–C) groups is 1. The van der Waals surface area contributed by atoms with Crippen molar-refractivity contribution in [2.45, 2.75) is 0 Å². The Morgan fingerprint density at radius 2 is 1.83 bits per heavy atom. The van der Waals surface area contributed by atoms with Gasteiger partial charge >= 0.3 is 0 Å². The van der Waals surface area contributed by atoms with Crippen molar-refractivity contribution in [1.29, 1.82) is 10.5 Å². The van der Waals surface area contributed by atoms with Gasteiger partial charge in [0.25, 0.3) is 0 Å². The fourth-order valence-corrected chi connectivity index (χ4v) is 2.23. The summed E-state index contributed by atoms with van der Waals surface area (Å²) in [5.74, 6) is 0.0692. The van der Waals surface area contributed by atoms with Crippen molar-refractivity contribution in [2.24, 2.45) is 10.7 Å². The van der Waals surface area contributed by atoms with E-state index in [1.54, 1.807) is 24.3 Å². The predicted octanol–water partition coefficient (Wildman–Crippen LogP) is 2.55. The molecule has 0 spiro atoms. The monoisotopic (exact) mass is 368 g/mol. The van der Waals surface area contributed by atoms with E-state index in [0.717, 1.165) is 0 Å². The molecule has 1 rings (SSSR count). The summed E-state index contributed by atoms with van der Waals surface area (Å²) in [5, 5.41) is 26.8. The van der Waals surface area contributed by atoms with Gasteiger partial charge in [0, 0.05) is 6.21 Å². The van der Waals surface area contributed by atoms with E-state index in [0.29, 0.717) is 14.5 Å². The molecule has 90 valence electrons. The molecule has 0 fully saturated rings. The van der Waals surface area contributed by atoms with Gasteiger partial charge in [-0.25, -0.2) is 4.99 Å². The number of nitrogens with zero attached hydrogens (tertiary/aromatic N) is 3. The topological polar surface area (TPSA) is 106 Å². The Balaban J connectivity index is 3.14. The summed E-state index contributed by atoms with van der Waals surface area (Å²) >= 11 is 6.34. The molecule has 5 nitrogen and oxygen atoms in total. The number of hydrogen-bond acceptors (Lipinski definition) is 5. The quantitative estimate of drug-likeness (QED) is 0.617. The molecule has 18 heavy (non-hydrogen) atoms. The number of halogens is 2. The Hall–Kier alpha value is -1.83. The van der Waals surface area contributed by atoms with Crippen LogP contribution in [-0.2, 0) is 0 Å². The molecule has 0 unspecified atom stereocenters. The number of nitriles is 2. The molecule has 0 radical (unpaired) electrons. The second-order valence-electron chi connectivity index (χ2n) is 3.08. The SMILES string of the molecule is N#CC(N)=C(C#N)N=Cc1cc(Br)c(O)c(Br)c1. The maximum absolute atomic E-state index is 9.52. The number of phenolic OH excluding ortho intramolecular Hbond substituents is 1. The highest BCUT2D eigenvalue weighted by atomic mass is 79.9. The van der Waals surface area contributed by atoms with E-state index < -0.39 is 0 Å². The van der Waals surface area contributed by atoms with Gasteiger partial charge in [0.05, 0.1) is 8.95 Å². The first-order chi connectivity index (χ1) is 8.49. The molecule has 3 N–H and O–H groups in total. The minimum absolute atomic E-state index is 0.0692. The van der Waals surface area contributed by atoms with Crippen LogP contribution in [0.3, 0.4) is 0 Å². The molecule has 0 bridgehead atoms. The third-order valence-electron chi connectivity index (χ3n) is 1.86. The fraction of sp³-hybridized carbons (Fsp3) is 0. The zero-order valence-corrected chi connectivity index (χ0v) is 12.0. The molecule has 0 amide bonds. The van der Waals surface area contributed by atoms with Crippen LogP contribution in [0.15, 0.2) is 37.5 Å². The average molecular weight is 370 g/mol. The molecular weight excluding hydrogens is 364 g/mol. The molecule has 0 saturated carbocycles. The van der Waals surface area contributed by atoms with Crippen LogP contribution >= 0.6 is 31.9 Å². The molecule has 1 aromatic carbocycles. The smallest absolute Gasteiger partial charge is 0.174 e. The summed E-state index contributed by atoms with van der Waals surface area (Å²) in [6.45, 7) is 0. The van der Waals surface area contributed by atoms with Crippen LogP contribution in [0.4, 0.5) is 0 Å². The van der Waals surface area contributed by atoms with Gasteiger partial charge in [-0.05, 0) is 49.6 Å². The fourth-order valence-electron chi connectivity index (χ4n) is 1.01. The maximum atomic E-state index is 9.52. The molecule has 1 aromatic rings. The molecule has 0 atom stereocenters. The Morgan fingerprint density at radius 3 is 2.28 bits per heavy atom. The Bertz CT molecular complexity index is 600. The van der Waals surface area contributed by atoms with Crippen molar-refractivity contribution in [3.05, 3.63) is 38.0 Å². The van der Waals surface area contributed by atoms with Crippen LogP contribution in [0.5, 0.6) is 5.75 Å². The molecule has 0 saturated heterocycles. The van der Waals surface area contributed by atoms with E-state index in [2.05, 4.69) is 36.9 Å². The van der Waals surface area contributed by atoms with E-state index in [4.69, 9.17) is 16.3 Å². The molecule has 0 heterocycles. The summed E-state index contributed by atoms with van der Waals surface area (Å²) in [7, 11) is 0. The van der Waals surface area contributed by atoms with Crippen molar-refractivity contribution in [3.8, 4) is 17.9 Å². The second kappa shape index (κ2) is 6.20. The first-order valence-corrected chi connectivity index (χ1v) is 6.10. The van der Waals surface area contributed by atoms with E-state index in [1.165, 1.54) is 6.21 Å². The lowest BCUT2D eigenvalue weighted by Gasteiger charge is -2.01. The summed E-state index contributed by atoms with van der Waals surface area (Å²) in [5.41, 5.74) is 5.53. The van der Waals surface area contributed by atoms with Crippen LogP contribution < -0.4 is 5.73 Å². The normalized spacial score (nSPS) is 11.8. The zero-order valence-electron chi connectivity index (χ0n) is 8.85. The van der Waals surface area contributed by atoms with Crippen LogP contribution in [0.25, 0.3) is 0 Å². The van der Waals surface area contributed by atoms with Crippen LogP contribution in [-0.4, -0.2) is 11.3 Å². The first kappa shape index (κ1) is 14.2. The van der Waals surface area contributed by atoms with Gasteiger partial charge in [-0.15, -0.1) is 0 Å². The van der Waals surface area contributed by atoms with Gasteiger partial charge in [-0.3, -0.25) is 0 Å². The predicted molar refractivity (Wildman–Crippen MR) is 73.5 cm³/mol. The summed E-state index contributed by atoms with van der Waals surface area (Å²) < 4.78 is 0.961. The van der Waals surface area contributed by atoms with Crippen molar-refractivity contribution in [1.82, 2.24) is 0 Å². The van der Waals surface area contributed by atoms with Crippen LogP contribution in [0, 0.1) is 22.7 Å². The molecule has 0 aliphatic rings. The Kier molecular flexibility index (Phi) is 4.90. The lowest BCUT2D eigenvalue weighted by atomic mass is 10.2. The average Bonchev–Trinajstić information content (AvgIpc) is 2.36. The number of phenols is 1. The van der Waals surface area contributed by atoms with Gasteiger partial charge < -0.3 is 10.8 Å². The highest BCUT2D eigenvalue weighted by Gasteiger charge is 2.05. The minimum atomic E-state index is -0.245. The molecule has 0 aliphatic carbocycles. The zero-order chi connectivity index (χ0) is 13.7. The van der Waals surface area contributed by atoms with Gasteiger partial charge in [-0.2, -0.15) is 10.5 Å². The van der Waals surface area contributed by atoms with Gasteiger partial charge in [-0.1, -0.05) is 0 Å². The number of rotatable bonds is 2. The van der Waals surface area contributed by atoms with E-state index >= 15 is 0 Å². The first-order valence-electron chi connectivity index (χ1n) is 4.51. The maximum Gasteiger partial charge on any atom is 0.174 e. The van der Waals surface area contributed by atoms with E-state index in [-0.39, 0.29) is 17.1 Å². The molecular formula is C11H6Br2N4O. The summed E-state index contributed by atoms with van der Waals surface area (Å²) in [6.07, 6.45) is 1.37. The minimum Gasteiger partial charge on any atom is -0.506 e. The number of nitrogens with two attached hydrogens (primary N) is 1. The highest BCUT2D eigenvalue weighted by Crippen LogP contribution is 2.32. The Labute approximate surface area is 120 Å². The molecule has 0 aliphatic heterocycles. The number of benzene rings is 1. The lowest BCUT2D eigenvalue weighted by molar-refractivity contribution is 0.468. The third-order valence-corrected chi connectivity index (χ3v) is 3.07. The van der Waals surface area contributed by atoms with Crippen molar-refractivity contribution >= 4 is 38.1 Å². The van der Waals surface area contributed by atoms with Crippen molar-refractivity contribution in [2.75, 3.05) is 0 Å². The van der Waals surface area contributed by atoms with Crippen molar-refractivity contribution in [3.63, 3.8) is 0 Å². The molecule has 7 heteroatoms. The van der Waals surface area contributed by atoms with Crippen LogP contribution in [0.2, 0.25) is 0 Å². The lowest BCUT2D eigenvalue weighted by Crippen LogP contribution is -1.97. The van der Waals surface area contributed by atoms with Gasteiger partial charge in [0.2, 0.25) is 0 Å². The standard InChI is InChI=1S/C11H6Br2N4O/c12-7-1-6(2-8(13)11(7)18)5-17-10(4-15)9(16)3-14/h1-2,5,18H,16H2. The number of hydrogen-bond donors (Lipinski definition) is 2. The van der Waals surface area contributed by atoms with Gasteiger partial charge in [0.15, 0.2) is 5.70 Å².